The number of β-amino-alcohol motifs (C(OH)–C–C–N with tert-alkyl or cyclic N) is 1. The molecule has 0 bridgehead atoms. The van der Waals surface area contributed by atoms with Gasteiger partial charge in [-0.05, 0) is 4.99 Å². The van der Waals surface area contributed by atoms with Crippen LogP contribution in [-0.2, 0) is 4.79 Å². The molecule has 2 unspecified atom stereocenters. The van der Waals surface area contributed by atoms with Crippen LogP contribution in [0.5, 0.6) is 0 Å². The molecular weight excluding hydrogens is 240 g/mol. The maximum atomic E-state index is 12.0. The Labute approximate surface area is 103 Å². The Kier molecular flexibility index (Phi) is 3.14. The summed E-state index contributed by atoms with van der Waals surface area (Å²) in [6, 6.07) is -1.15. The minimum absolute atomic E-state index is 0.0791. The molecule has 0 saturated carbocycles. The number of carbonyl (C=O) groups excluding carboxylic acids is 2. The highest BCUT2D eigenvalue weighted by atomic mass is 16.3. The highest BCUT2D eigenvalue weighted by Gasteiger charge is 2.50. The van der Waals surface area contributed by atoms with Crippen LogP contribution in [0.3, 0.4) is 0 Å². The first-order valence-electron chi connectivity index (χ1n) is 5.48. The molecule has 1 fully saturated rings. The van der Waals surface area contributed by atoms with Crippen LogP contribution in [0.1, 0.15) is 0 Å². The molecular formula is C10H15N4O4+. The standard InChI is InChI=1S/C10H15N4O4/c1-12-8-7(9(17)13(2)10(12)18)14(5-11-8)3-6(16)4-15/h5-7,15-16H,3-4H2,1-2H3/q+1. The first-order valence-corrected chi connectivity index (χ1v) is 5.48. The van der Waals surface area contributed by atoms with Crippen LogP contribution >= 0.6 is 0 Å². The van der Waals surface area contributed by atoms with Crippen molar-refractivity contribution in [3.63, 3.8) is 0 Å². The molecule has 18 heavy (non-hydrogen) atoms. The Bertz CT molecular complexity index is 459. The van der Waals surface area contributed by atoms with Gasteiger partial charge in [0.15, 0.2) is 0 Å². The normalized spacial score (nSPS) is 25.0. The minimum atomic E-state index is -0.961. The molecule has 2 atom stereocenters. The molecule has 0 aromatic heterocycles. The fourth-order valence-electron chi connectivity index (χ4n) is 2.00. The second-order valence-corrected chi connectivity index (χ2v) is 4.28. The van der Waals surface area contributed by atoms with Crippen molar-refractivity contribution in [3.05, 3.63) is 0 Å². The second-order valence-electron chi connectivity index (χ2n) is 4.28. The number of aliphatic hydroxyl groups excluding tert-OH is 2. The first kappa shape index (κ1) is 12.7. The Balaban J connectivity index is 2.24. The number of hydrogen-bond donors (Lipinski definition) is 2. The molecule has 1 saturated heterocycles. The molecule has 3 amide bonds. The monoisotopic (exact) mass is 255 g/mol. The minimum Gasteiger partial charge on any atom is -0.394 e. The quantitative estimate of drug-likeness (QED) is 0.553. The number of aliphatic imine (C=N–C) groups is 1. The van der Waals surface area contributed by atoms with Gasteiger partial charge in [-0.25, -0.2) is 9.37 Å². The van der Waals surface area contributed by atoms with E-state index in [4.69, 9.17) is 5.11 Å². The van der Waals surface area contributed by atoms with Gasteiger partial charge < -0.3 is 10.2 Å². The van der Waals surface area contributed by atoms with Crippen molar-refractivity contribution in [3.8, 4) is 0 Å². The number of amides is 3. The van der Waals surface area contributed by atoms with E-state index in [2.05, 4.69) is 4.99 Å². The van der Waals surface area contributed by atoms with E-state index in [0.29, 0.717) is 5.84 Å². The van der Waals surface area contributed by atoms with E-state index in [1.165, 1.54) is 29.9 Å². The number of imide groups is 1. The lowest BCUT2D eigenvalue weighted by Crippen LogP contribution is -2.61. The molecule has 2 rings (SSSR count). The molecule has 2 aliphatic rings. The van der Waals surface area contributed by atoms with Crippen molar-refractivity contribution >= 4 is 24.1 Å². The van der Waals surface area contributed by atoms with Crippen molar-refractivity contribution in [2.24, 2.45) is 4.99 Å². The van der Waals surface area contributed by atoms with Crippen molar-refractivity contribution in [1.82, 2.24) is 9.80 Å². The fourth-order valence-corrected chi connectivity index (χ4v) is 2.00. The number of aliphatic hydroxyl groups is 2. The molecule has 8 heteroatoms. The van der Waals surface area contributed by atoms with E-state index >= 15 is 0 Å². The predicted octanol–water partition coefficient (Wildman–Crippen LogP) is -2.32. The van der Waals surface area contributed by atoms with Gasteiger partial charge in [0.2, 0.25) is 0 Å². The highest BCUT2D eigenvalue weighted by molar-refractivity contribution is 6.21. The van der Waals surface area contributed by atoms with Crippen molar-refractivity contribution < 1.29 is 24.4 Å². The van der Waals surface area contributed by atoms with Crippen LogP contribution in [-0.4, -0.2) is 88.1 Å². The summed E-state index contributed by atoms with van der Waals surface area (Å²) in [5.74, 6) is -0.0519. The topological polar surface area (TPSA) is 96.4 Å². The zero-order valence-corrected chi connectivity index (χ0v) is 10.1. The Morgan fingerprint density at radius 2 is 2.11 bits per heavy atom. The third kappa shape index (κ3) is 1.79. The first-order chi connectivity index (χ1) is 8.47. The largest absolute Gasteiger partial charge is 0.394 e. The van der Waals surface area contributed by atoms with Crippen LogP contribution in [0.4, 0.5) is 4.79 Å². The molecule has 0 aromatic rings. The third-order valence-electron chi connectivity index (χ3n) is 3.03. The van der Waals surface area contributed by atoms with Gasteiger partial charge in [-0.2, -0.15) is 0 Å². The maximum absolute atomic E-state index is 12.0. The summed E-state index contributed by atoms with van der Waals surface area (Å²) < 4.78 is 1.51. The van der Waals surface area contributed by atoms with Crippen LogP contribution in [0.15, 0.2) is 4.99 Å². The molecule has 8 nitrogen and oxygen atoms in total. The number of carbonyl (C=O) groups is 2. The lowest BCUT2D eigenvalue weighted by molar-refractivity contribution is -0.540. The van der Waals surface area contributed by atoms with E-state index < -0.39 is 30.7 Å². The molecule has 0 aliphatic carbocycles. The summed E-state index contributed by atoms with van der Waals surface area (Å²) in [5, 5.41) is 18.2. The van der Waals surface area contributed by atoms with Crippen molar-refractivity contribution in [2.45, 2.75) is 12.1 Å². The van der Waals surface area contributed by atoms with Crippen molar-refractivity contribution in [1.29, 1.82) is 0 Å². The lowest BCUT2D eigenvalue weighted by Gasteiger charge is -2.30. The summed E-state index contributed by atoms with van der Waals surface area (Å²) in [6.45, 7) is -0.318. The maximum Gasteiger partial charge on any atom is 0.333 e. The zero-order valence-electron chi connectivity index (χ0n) is 10.1. The molecule has 0 aromatic carbocycles. The average Bonchev–Trinajstić information content (AvgIpc) is 2.77. The number of fused-ring (bicyclic) bond motifs is 1. The second kappa shape index (κ2) is 4.46. The zero-order chi connectivity index (χ0) is 13.4. The summed E-state index contributed by atoms with van der Waals surface area (Å²) >= 11 is 0. The lowest BCUT2D eigenvalue weighted by atomic mass is 10.1. The summed E-state index contributed by atoms with van der Waals surface area (Å²) in [4.78, 5) is 30.1. The van der Waals surface area contributed by atoms with Gasteiger partial charge in [0.1, 0.15) is 12.6 Å². The molecule has 2 N–H and O–H groups in total. The number of nitrogens with zero attached hydrogens (tertiary/aromatic N) is 4. The Morgan fingerprint density at radius 3 is 2.72 bits per heavy atom. The Hall–Kier alpha value is -1.80. The van der Waals surface area contributed by atoms with Gasteiger partial charge in [-0.3, -0.25) is 14.6 Å². The smallest absolute Gasteiger partial charge is 0.333 e. The van der Waals surface area contributed by atoms with Gasteiger partial charge in [-0.1, -0.05) is 0 Å². The number of likely N-dealkylation sites (N-methyl/N-ethyl adjacent to an activating group) is 2. The number of hydrogen-bond acceptors (Lipinski definition) is 5. The molecule has 2 aliphatic heterocycles. The molecule has 2 heterocycles. The fraction of sp³-hybridized carbons (Fsp3) is 0.600. The third-order valence-corrected chi connectivity index (χ3v) is 3.03. The van der Waals surface area contributed by atoms with Gasteiger partial charge in [0, 0.05) is 14.1 Å². The average molecular weight is 255 g/mol. The van der Waals surface area contributed by atoms with E-state index in [9.17, 15) is 14.7 Å². The SMILES string of the molecule is CN1C(=O)C2C(=NC=[N+]2CC(O)CO)N(C)C1=O. The Morgan fingerprint density at radius 1 is 1.44 bits per heavy atom. The number of rotatable bonds is 3. The van der Waals surface area contributed by atoms with Gasteiger partial charge in [-0.15, -0.1) is 0 Å². The summed E-state index contributed by atoms with van der Waals surface area (Å²) in [7, 11) is 2.94. The molecule has 0 radical (unpaired) electrons. The van der Waals surface area contributed by atoms with Crippen LogP contribution in [0.25, 0.3) is 0 Å². The summed E-state index contributed by atoms with van der Waals surface area (Å²) in [6.07, 6.45) is 0.441. The molecule has 98 valence electrons. The molecule has 0 spiro atoms. The summed E-state index contributed by atoms with van der Waals surface area (Å²) in [5.41, 5.74) is 0. The van der Waals surface area contributed by atoms with Gasteiger partial charge in [0.05, 0.1) is 6.61 Å². The van der Waals surface area contributed by atoms with E-state index in [1.807, 2.05) is 0 Å². The highest BCUT2D eigenvalue weighted by Crippen LogP contribution is 2.16. The predicted molar refractivity (Wildman–Crippen MR) is 61.4 cm³/mol. The van der Waals surface area contributed by atoms with E-state index in [1.54, 1.807) is 0 Å². The van der Waals surface area contributed by atoms with Crippen LogP contribution in [0.2, 0.25) is 0 Å². The van der Waals surface area contributed by atoms with E-state index in [0.717, 1.165) is 4.90 Å². The van der Waals surface area contributed by atoms with E-state index in [-0.39, 0.29) is 6.54 Å². The van der Waals surface area contributed by atoms with Gasteiger partial charge in [0.25, 0.3) is 24.1 Å². The van der Waals surface area contributed by atoms with Crippen LogP contribution in [0, 0.1) is 0 Å². The number of urea groups is 1. The van der Waals surface area contributed by atoms with Crippen LogP contribution < -0.4 is 0 Å². The van der Waals surface area contributed by atoms with Gasteiger partial charge >= 0.3 is 6.03 Å². The number of amidine groups is 1. The van der Waals surface area contributed by atoms with Crippen molar-refractivity contribution in [2.75, 3.05) is 27.2 Å².